The van der Waals surface area contributed by atoms with E-state index in [1.807, 2.05) is 11.5 Å². The lowest BCUT2D eigenvalue weighted by Gasteiger charge is -2.06. The van der Waals surface area contributed by atoms with Crippen LogP contribution in [0.2, 0.25) is 0 Å². The number of aromatic nitrogens is 2. The van der Waals surface area contributed by atoms with Gasteiger partial charge in [-0.15, -0.1) is 0 Å². The Balaban J connectivity index is 0.00000243. The van der Waals surface area contributed by atoms with E-state index in [4.69, 9.17) is 5.11 Å². The first-order chi connectivity index (χ1) is 11.7. The average molecular weight is 429 g/mol. The first kappa shape index (κ1) is 20.0. The second-order valence-corrected chi connectivity index (χ2v) is 5.90. The van der Waals surface area contributed by atoms with E-state index < -0.39 is 17.7 Å². The molecule has 0 aliphatic rings. The number of fused-ring (bicyclic) bond motifs is 1. The first-order valence-electron chi connectivity index (χ1n) is 7.57. The van der Waals surface area contributed by atoms with Gasteiger partial charge in [-0.05, 0) is 29.8 Å². The number of hydrogen-bond donors (Lipinski definition) is 1. The second kappa shape index (κ2) is 7.11. The third kappa shape index (κ3) is 3.60. The summed E-state index contributed by atoms with van der Waals surface area (Å²) >= 11 is 0. The largest absolute Gasteiger partial charge is 1.00 e. The molecule has 1 heterocycles. The summed E-state index contributed by atoms with van der Waals surface area (Å²) in [6, 6.07) is 10.0. The maximum absolute atomic E-state index is 13.0. The normalized spacial score (nSPS) is 11.4. The van der Waals surface area contributed by atoms with E-state index in [0.29, 0.717) is 17.6 Å². The van der Waals surface area contributed by atoms with E-state index in [0.717, 1.165) is 23.5 Å². The smallest absolute Gasteiger partial charge is 0.416 e. The first-order valence-corrected chi connectivity index (χ1v) is 7.57. The van der Waals surface area contributed by atoms with Gasteiger partial charge in [-0.1, -0.05) is 12.1 Å². The summed E-state index contributed by atoms with van der Waals surface area (Å²) in [5.41, 5.74) is 1.47. The van der Waals surface area contributed by atoms with Crippen molar-refractivity contribution in [3.63, 3.8) is 0 Å². The third-order valence-corrected chi connectivity index (χ3v) is 4.37. The minimum Gasteiger partial charge on any atom is -1.00 e. The van der Waals surface area contributed by atoms with Gasteiger partial charge in [-0.3, -0.25) is 0 Å². The van der Waals surface area contributed by atoms with Crippen molar-refractivity contribution in [2.45, 2.75) is 19.6 Å². The Hall–Kier alpha value is -2.35. The lowest BCUT2D eigenvalue weighted by molar-refractivity contribution is -0.652. The topological polar surface area (TPSA) is 46.1 Å². The van der Waals surface area contributed by atoms with Crippen LogP contribution in [0.1, 0.15) is 27.3 Å². The van der Waals surface area contributed by atoms with Gasteiger partial charge in [-0.2, -0.15) is 13.2 Å². The molecule has 0 spiro atoms. The maximum Gasteiger partial charge on any atom is 0.416 e. The number of nitrogens with zero attached hydrogens (tertiary/aromatic N) is 2. The summed E-state index contributed by atoms with van der Waals surface area (Å²) in [5.74, 6) is -0.216. The third-order valence-electron chi connectivity index (χ3n) is 4.37. The van der Waals surface area contributed by atoms with Gasteiger partial charge in [-0.25, -0.2) is 13.9 Å². The molecule has 0 aliphatic carbocycles. The van der Waals surface area contributed by atoms with Crippen LogP contribution in [0, 0.1) is 6.92 Å². The molecule has 0 saturated carbocycles. The summed E-state index contributed by atoms with van der Waals surface area (Å²) in [7, 11) is 1.80. The van der Waals surface area contributed by atoms with Crippen LogP contribution < -0.4 is 21.5 Å². The van der Waals surface area contributed by atoms with Crippen LogP contribution in [0.25, 0.3) is 11.0 Å². The Kier molecular flexibility index (Phi) is 5.46. The maximum atomic E-state index is 13.0. The highest BCUT2D eigenvalue weighted by Crippen LogP contribution is 2.31. The lowest BCUT2D eigenvalue weighted by atomic mass is 10.1. The van der Waals surface area contributed by atoms with Crippen LogP contribution in [-0.4, -0.2) is 15.6 Å². The molecule has 0 aliphatic heterocycles. The fourth-order valence-corrected chi connectivity index (χ4v) is 2.86. The minimum atomic E-state index is -4.40. The highest BCUT2D eigenvalue weighted by atomic mass is 79.9. The number of hydrogen-bond acceptors (Lipinski definition) is 1. The van der Waals surface area contributed by atoms with E-state index in [2.05, 4.69) is 0 Å². The van der Waals surface area contributed by atoms with Crippen molar-refractivity contribution < 1.29 is 44.6 Å². The van der Waals surface area contributed by atoms with Crippen molar-refractivity contribution >= 4 is 17.0 Å². The van der Waals surface area contributed by atoms with Gasteiger partial charge in [0.25, 0.3) is 5.82 Å². The molecule has 8 heteroatoms. The molecule has 26 heavy (non-hydrogen) atoms. The van der Waals surface area contributed by atoms with E-state index in [1.54, 1.807) is 23.7 Å². The standard InChI is InChI=1S/C18H15F3N2O2.BrH/c1-11-22(2)15-8-7-14(18(19,20)21)9-16(15)23(11)10-12-3-5-13(6-4-12)17(24)25;/h3-9H,10H2,1-2H3;1H. The van der Waals surface area contributed by atoms with Gasteiger partial charge >= 0.3 is 12.1 Å². The number of benzene rings is 2. The molecule has 0 atom stereocenters. The molecule has 1 N–H and O–H groups in total. The van der Waals surface area contributed by atoms with Gasteiger partial charge in [0.15, 0.2) is 11.0 Å². The Morgan fingerprint density at radius 2 is 1.77 bits per heavy atom. The quantitative estimate of drug-likeness (QED) is 0.619. The number of carboxylic acids is 1. The van der Waals surface area contributed by atoms with Gasteiger partial charge in [0.05, 0.1) is 18.2 Å². The van der Waals surface area contributed by atoms with Crippen LogP contribution >= 0.6 is 0 Å². The number of halogens is 4. The fourth-order valence-electron chi connectivity index (χ4n) is 2.86. The van der Waals surface area contributed by atoms with Gasteiger partial charge in [0.2, 0.25) is 0 Å². The van der Waals surface area contributed by atoms with Gasteiger partial charge in [0, 0.05) is 13.0 Å². The van der Waals surface area contributed by atoms with E-state index in [9.17, 15) is 18.0 Å². The zero-order chi connectivity index (χ0) is 18.4. The molecular weight excluding hydrogens is 413 g/mol. The number of carboxylic acid groups (broad SMARTS) is 1. The molecule has 3 rings (SSSR count). The predicted octanol–water partition coefficient (Wildman–Crippen LogP) is 0.544. The number of aryl methyl sites for hydroxylation is 1. The van der Waals surface area contributed by atoms with Crippen LogP contribution in [0.15, 0.2) is 42.5 Å². The molecule has 138 valence electrons. The fraction of sp³-hybridized carbons (Fsp3) is 0.222. The molecule has 0 amide bonds. The molecule has 0 saturated heterocycles. The van der Waals surface area contributed by atoms with Crippen molar-refractivity contribution in [1.29, 1.82) is 0 Å². The van der Waals surface area contributed by atoms with Crippen molar-refractivity contribution in [2.24, 2.45) is 7.05 Å². The van der Waals surface area contributed by atoms with Gasteiger partial charge in [0.1, 0.15) is 6.54 Å². The summed E-state index contributed by atoms with van der Waals surface area (Å²) in [6.45, 7) is 2.18. The Morgan fingerprint density at radius 3 is 2.31 bits per heavy atom. The molecule has 2 aromatic carbocycles. The highest BCUT2D eigenvalue weighted by molar-refractivity contribution is 5.87. The molecule has 0 bridgehead atoms. The number of carbonyl (C=O) groups is 1. The van der Waals surface area contributed by atoms with Crippen LogP contribution in [0.5, 0.6) is 0 Å². The second-order valence-electron chi connectivity index (χ2n) is 5.90. The lowest BCUT2D eigenvalue weighted by Crippen LogP contribution is -3.00. The molecule has 0 fully saturated rings. The number of aromatic carboxylic acids is 1. The Morgan fingerprint density at radius 1 is 1.15 bits per heavy atom. The Bertz CT molecular complexity index is 963. The Labute approximate surface area is 158 Å². The molecule has 1 aromatic heterocycles. The van der Waals surface area contributed by atoms with Crippen molar-refractivity contribution in [3.05, 3.63) is 65.0 Å². The highest BCUT2D eigenvalue weighted by Gasteiger charge is 2.32. The predicted molar refractivity (Wildman–Crippen MR) is 85.4 cm³/mol. The monoisotopic (exact) mass is 428 g/mol. The number of rotatable bonds is 3. The molecular formula is C18H16BrF3N2O2. The van der Waals surface area contributed by atoms with Crippen molar-refractivity contribution in [3.8, 4) is 0 Å². The van der Waals surface area contributed by atoms with Gasteiger partial charge < -0.3 is 22.1 Å². The zero-order valence-electron chi connectivity index (χ0n) is 14.0. The summed E-state index contributed by atoms with van der Waals surface area (Å²) < 4.78 is 42.7. The molecule has 0 radical (unpaired) electrons. The zero-order valence-corrected chi connectivity index (χ0v) is 15.6. The van der Waals surface area contributed by atoms with E-state index >= 15 is 0 Å². The average Bonchev–Trinajstić information content (AvgIpc) is 2.79. The SMILES string of the molecule is Cc1n(Cc2ccc(C(=O)O)cc2)c2cc(C(F)(F)F)ccc2[n+]1C.[Br-]. The number of alkyl halides is 3. The van der Waals surface area contributed by atoms with Crippen LogP contribution in [0.4, 0.5) is 13.2 Å². The van der Waals surface area contributed by atoms with Crippen LogP contribution in [0.3, 0.4) is 0 Å². The summed E-state index contributed by atoms with van der Waals surface area (Å²) in [6.07, 6.45) is -4.40. The molecule has 0 unspecified atom stereocenters. The summed E-state index contributed by atoms with van der Waals surface area (Å²) in [5, 5.41) is 8.95. The molecule has 3 aromatic rings. The van der Waals surface area contributed by atoms with E-state index in [1.165, 1.54) is 18.2 Å². The van der Waals surface area contributed by atoms with E-state index in [-0.39, 0.29) is 22.5 Å². The minimum absolute atomic E-state index is 0. The molecule has 4 nitrogen and oxygen atoms in total. The van der Waals surface area contributed by atoms with Crippen molar-refractivity contribution in [2.75, 3.05) is 0 Å². The number of imidazole rings is 1. The van der Waals surface area contributed by atoms with Crippen LogP contribution in [-0.2, 0) is 19.8 Å². The summed E-state index contributed by atoms with van der Waals surface area (Å²) in [4.78, 5) is 10.9. The van der Waals surface area contributed by atoms with Crippen molar-refractivity contribution in [1.82, 2.24) is 4.57 Å².